The summed E-state index contributed by atoms with van der Waals surface area (Å²) < 4.78 is 187. The van der Waals surface area contributed by atoms with Crippen molar-refractivity contribution in [2.45, 2.75) is 76.8 Å². The van der Waals surface area contributed by atoms with E-state index < -0.39 is 84.0 Å². The van der Waals surface area contributed by atoms with Crippen LogP contribution >= 0.6 is 0 Å². The van der Waals surface area contributed by atoms with E-state index in [1.54, 1.807) is 61.3 Å². The zero-order valence-corrected chi connectivity index (χ0v) is 71.6. The van der Waals surface area contributed by atoms with Gasteiger partial charge in [0.2, 0.25) is 0 Å². The van der Waals surface area contributed by atoms with Crippen LogP contribution in [0.15, 0.2) is 177 Å². The summed E-state index contributed by atoms with van der Waals surface area (Å²) in [6.07, 6.45) is 0.242. The SMILES string of the molecule is CN(C)S(N)(=O)=O.COc1ccc(COc2c(OC)ccc3c2C[C@@H](C(=O)NS(=O)(=O)N(C)C)N(c2nc4ccc(F)cc4o2)C3)cc1.COc1ccc(COc2c(OC)ccc3c2C[C@@H](C(=O)NS(=O)(=O)N(C)C)N(c2nc4ccc(F)cc4o2)C3)cc1.COc1ccc(COc2c(OC)ccc3c2C[C@@H](C(=O)O)N(c2nc4ccc(F)cc4o2)C3)cc1. The summed E-state index contributed by atoms with van der Waals surface area (Å²) in [6, 6.07) is 42.2. The number of anilines is 3. The fraction of sp³-hybridized carbons (Fsp3) is 0.286. The number of fused-ring (bicyclic) bond motifs is 6. The smallest absolute Gasteiger partial charge is 0.326 e. The summed E-state index contributed by atoms with van der Waals surface area (Å²) in [5.74, 6) is 0.934. The molecule has 0 bridgehead atoms. The van der Waals surface area contributed by atoms with Crippen molar-refractivity contribution in [1.29, 1.82) is 0 Å². The summed E-state index contributed by atoms with van der Waals surface area (Å²) in [6.45, 7) is 1.19. The van der Waals surface area contributed by atoms with E-state index in [2.05, 4.69) is 29.5 Å². The number of nitrogens with one attached hydrogen (secondary N) is 2. The number of carbonyl (C=O) groups excluding carboxylic acids is 2. The second-order valence-corrected chi connectivity index (χ2v) is 34.2. The van der Waals surface area contributed by atoms with Crippen LogP contribution < -0.4 is 71.9 Å². The number of oxazole rings is 3. The van der Waals surface area contributed by atoms with Crippen LogP contribution in [0.2, 0.25) is 0 Å². The van der Waals surface area contributed by atoms with Crippen LogP contribution in [0.5, 0.6) is 51.7 Å². The number of amides is 2. The van der Waals surface area contributed by atoms with E-state index >= 15 is 0 Å². The van der Waals surface area contributed by atoms with Crippen LogP contribution in [0.4, 0.5) is 31.2 Å². The first-order chi connectivity index (χ1) is 59.1. The predicted octanol–water partition coefficient (Wildman–Crippen LogP) is 10.2. The van der Waals surface area contributed by atoms with Crippen LogP contribution in [0.1, 0.15) is 50.1 Å². The van der Waals surface area contributed by atoms with Crippen LogP contribution in [0, 0.1) is 17.5 Å². The number of rotatable bonds is 26. The number of methoxy groups -OCH3 is 6. The Hall–Kier alpha value is -13.1. The van der Waals surface area contributed by atoms with Crippen molar-refractivity contribution >= 4 is 99.8 Å². The van der Waals surface area contributed by atoms with E-state index in [-0.39, 0.29) is 93.5 Å². The molecule has 0 unspecified atom stereocenters. The highest BCUT2D eigenvalue weighted by Gasteiger charge is 2.42. The molecule has 15 rings (SSSR count). The second-order valence-electron chi connectivity index (χ2n) is 28.7. The number of nitrogens with two attached hydrogens (primary N) is 1. The summed E-state index contributed by atoms with van der Waals surface area (Å²) in [7, 11) is 5.76. The number of aromatic nitrogens is 3. The van der Waals surface area contributed by atoms with Crippen molar-refractivity contribution in [3.05, 3.63) is 231 Å². The average molecular weight is 1770 g/mol. The first kappa shape index (κ1) is 90.1. The minimum atomic E-state index is -4.09. The molecular weight excluding hydrogens is 1680 g/mol. The van der Waals surface area contributed by atoms with E-state index in [1.165, 1.54) is 111 Å². The lowest BCUT2D eigenvalue weighted by Crippen LogP contribution is -2.53. The highest BCUT2D eigenvalue weighted by molar-refractivity contribution is 7.88. The van der Waals surface area contributed by atoms with Crippen molar-refractivity contribution in [1.82, 2.24) is 37.3 Å². The molecule has 34 nitrogen and oxygen atoms in total. The molecule has 0 saturated heterocycles. The number of ether oxygens (including phenoxy) is 9. The topological polar surface area (TPSA) is 405 Å². The minimum absolute atomic E-state index is 0.0480. The van der Waals surface area contributed by atoms with E-state index in [1.807, 2.05) is 91.0 Å². The fourth-order valence-corrected chi connectivity index (χ4v) is 14.5. The number of hydrogen-bond donors (Lipinski definition) is 4. The van der Waals surface area contributed by atoms with Gasteiger partial charge in [-0.1, -0.05) is 54.6 Å². The van der Waals surface area contributed by atoms with Gasteiger partial charge in [0.25, 0.3) is 40.1 Å². The highest BCUT2D eigenvalue weighted by atomic mass is 32.2. The highest BCUT2D eigenvalue weighted by Crippen LogP contribution is 2.45. The molecule has 9 aromatic carbocycles. The Kier molecular flexibility index (Phi) is 28.0. The standard InChI is InChI=1S/2C28H29FN4O7S.C26H23FN2O6.C2H8N2O2S/c2*1-32(2)41(35,36)31-27(34)23-14-21-18(15-33(23)28-30-22-11-8-19(29)13-25(22)40-28)7-12-24(38-4)26(21)39-16-17-5-9-20(37-3)10-6-17;1-32-18-7-3-15(4-8-18)14-34-24-19-12-21(25(30)31)29(13-16(19)5-10-22(24)33-2)26-28-20-9-6-17(27)11-23(20)35-26;1-4(2)7(3,5)6/h2*5-13,23H,14-16H2,1-4H3,(H,31,34);3-11,21H,12-14H2,1-2H3,(H,30,31);1-2H3,(H2,3,5,6)/t2*23-;21-;/m000./s1. The quantitative estimate of drug-likeness (QED) is 0.0391. The molecule has 0 radical (unpaired) electrons. The number of halogens is 3. The van der Waals surface area contributed by atoms with Gasteiger partial charge in [-0.25, -0.2) is 32.5 Å². The van der Waals surface area contributed by atoms with Gasteiger partial charge in [-0.15, -0.1) is 0 Å². The van der Waals surface area contributed by atoms with Crippen LogP contribution in [-0.4, -0.2) is 179 Å². The third-order valence-corrected chi connectivity index (χ3v) is 24.0. The predicted molar refractivity (Wildman–Crippen MR) is 450 cm³/mol. The van der Waals surface area contributed by atoms with Gasteiger partial charge in [0.15, 0.2) is 51.2 Å². The Morgan fingerprint density at radius 1 is 0.419 bits per heavy atom. The third kappa shape index (κ3) is 21.0. The van der Waals surface area contributed by atoms with Crippen LogP contribution in [0.3, 0.4) is 0 Å². The number of aliphatic carboxylic acids is 1. The third-order valence-electron chi connectivity index (χ3n) is 20.2. The van der Waals surface area contributed by atoms with Crippen LogP contribution in [-0.2, 0) is 104 Å². The van der Waals surface area contributed by atoms with Crippen molar-refractivity contribution < 1.29 is 114 Å². The van der Waals surface area contributed by atoms with Crippen molar-refractivity contribution in [3.8, 4) is 51.7 Å². The molecule has 3 atom stereocenters. The molecule has 0 spiro atoms. The molecule has 0 fully saturated rings. The number of carbonyl (C=O) groups is 3. The molecule has 0 aliphatic carbocycles. The monoisotopic (exact) mass is 1770 g/mol. The molecule has 40 heteroatoms. The van der Waals surface area contributed by atoms with E-state index in [0.29, 0.717) is 73.7 Å². The Balaban J connectivity index is 0.000000163. The Labute approximate surface area is 711 Å². The van der Waals surface area contributed by atoms with E-state index in [4.69, 9.17) is 55.9 Å². The summed E-state index contributed by atoms with van der Waals surface area (Å²) in [5, 5.41) is 14.6. The first-order valence-corrected chi connectivity index (χ1v) is 42.2. The number of carboxylic acid groups (broad SMARTS) is 1. The molecule has 3 aromatic heterocycles. The normalized spacial score (nSPS) is 14.9. The lowest BCUT2D eigenvalue weighted by atomic mass is 9.92. The van der Waals surface area contributed by atoms with Crippen molar-refractivity contribution in [2.24, 2.45) is 5.14 Å². The Morgan fingerprint density at radius 3 is 0.944 bits per heavy atom. The summed E-state index contributed by atoms with van der Waals surface area (Å²) in [4.78, 5) is 57.3. The summed E-state index contributed by atoms with van der Waals surface area (Å²) in [5.41, 5.74) is 9.15. The lowest BCUT2D eigenvalue weighted by molar-refractivity contribution is -0.138. The number of benzene rings is 9. The molecule has 656 valence electrons. The maximum Gasteiger partial charge on any atom is 0.326 e. The zero-order valence-electron chi connectivity index (χ0n) is 69.2. The molecule has 2 amide bonds. The van der Waals surface area contributed by atoms with Gasteiger partial charge >= 0.3 is 26.4 Å². The van der Waals surface area contributed by atoms with Crippen molar-refractivity contribution in [2.75, 3.05) is 99.6 Å². The maximum atomic E-state index is 13.8. The molecule has 6 heterocycles. The van der Waals surface area contributed by atoms with Crippen molar-refractivity contribution in [3.63, 3.8) is 0 Å². The second kappa shape index (κ2) is 38.5. The molecule has 5 N–H and O–H groups in total. The van der Waals surface area contributed by atoms with Gasteiger partial charge in [0.1, 0.15) is 89.2 Å². The average Bonchev–Trinajstić information content (AvgIpc) is 1.55. The molecular formula is C84H89F3N12O22S3. The maximum absolute atomic E-state index is 13.8. The number of nitrogens with zero attached hydrogens (tertiary/aromatic N) is 9. The lowest BCUT2D eigenvalue weighted by Gasteiger charge is -2.36. The van der Waals surface area contributed by atoms with Gasteiger partial charge in [0, 0.05) is 116 Å². The first-order valence-electron chi connectivity index (χ1n) is 37.8. The van der Waals surface area contributed by atoms with Gasteiger partial charge < -0.3 is 75.7 Å². The molecule has 124 heavy (non-hydrogen) atoms. The number of carboxylic acids is 1. The molecule has 12 aromatic rings. The zero-order chi connectivity index (χ0) is 89.2. The van der Waals surface area contributed by atoms with Gasteiger partial charge in [-0.3, -0.25) is 9.59 Å². The fourth-order valence-electron chi connectivity index (χ4n) is 13.3. The Morgan fingerprint density at radius 2 is 0.694 bits per heavy atom. The largest absolute Gasteiger partial charge is 0.497 e. The van der Waals surface area contributed by atoms with Gasteiger partial charge in [-0.2, -0.15) is 53.1 Å². The minimum Gasteiger partial charge on any atom is -0.497 e. The number of hydrogen-bond acceptors (Lipinski definition) is 27. The Bertz CT molecular complexity index is 5990. The van der Waals surface area contributed by atoms with Crippen LogP contribution in [0.25, 0.3) is 33.3 Å². The molecule has 3 aliphatic rings. The van der Waals surface area contributed by atoms with E-state index in [9.17, 15) is 57.9 Å². The summed E-state index contributed by atoms with van der Waals surface area (Å²) >= 11 is 0. The van der Waals surface area contributed by atoms with Gasteiger partial charge in [0.05, 0.1) is 42.7 Å². The molecule has 3 aliphatic heterocycles. The van der Waals surface area contributed by atoms with Gasteiger partial charge in [-0.05, 0) is 124 Å². The van der Waals surface area contributed by atoms with E-state index in [0.717, 1.165) is 57.6 Å². The molecule has 0 saturated carbocycles.